The Hall–Kier alpha value is -2.24. The maximum Gasteiger partial charge on any atom is 0.335 e. The summed E-state index contributed by atoms with van der Waals surface area (Å²) < 4.78 is 0. The van der Waals surface area contributed by atoms with Crippen molar-refractivity contribution in [3.63, 3.8) is 0 Å². The average molecular weight is 265 g/mol. The van der Waals surface area contributed by atoms with Crippen molar-refractivity contribution in [1.82, 2.24) is 5.32 Å². The Bertz CT molecular complexity index is 498. The number of hydrogen-bond acceptors (Lipinski definition) is 4. The number of benzene rings is 1. The highest BCUT2D eigenvalue weighted by Crippen LogP contribution is 2.23. The zero-order valence-electron chi connectivity index (χ0n) is 11.3. The number of carboxylic acids is 1. The van der Waals surface area contributed by atoms with E-state index in [2.05, 4.69) is 10.6 Å². The van der Waals surface area contributed by atoms with Crippen molar-refractivity contribution in [3.8, 4) is 0 Å². The van der Waals surface area contributed by atoms with Crippen molar-refractivity contribution in [2.45, 2.75) is 13.8 Å². The van der Waals surface area contributed by atoms with Crippen molar-refractivity contribution < 1.29 is 14.7 Å². The minimum atomic E-state index is -1.02. The van der Waals surface area contributed by atoms with Crippen molar-refractivity contribution >= 4 is 23.3 Å². The van der Waals surface area contributed by atoms with Crippen LogP contribution in [0.25, 0.3) is 0 Å². The summed E-state index contributed by atoms with van der Waals surface area (Å²) in [4.78, 5) is 22.5. The van der Waals surface area contributed by atoms with Crippen LogP contribution >= 0.6 is 0 Å². The number of carboxylic acid groups (broad SMARTS) is 1. The molecule has 0 aromatic heterocycles. The maximum absolute atomic E-state index is 11.6. The summed E-state index contributed by atoms with van der Waals surface area (Å²) in [6, 6.07) is 4.42. The molecule has 0 fully saturated rings. The lowest BCUT2D eigenvalue weighted by Gasteiger charge is -2.24. The highest BCUT2D eigenvalue weighted by molar-refractivity contribution is 5.90. The second-order valence-electron chi connectivity index (χ2n) is 4.92. The normalized spacial score (nSPS) is 10.9. The molecule has 0 atom stereocenters. The molecule has 1 rings (SSSR count). The Morgan fingerprint density at radius 2 is 2.00 bits per heavy atom. The smallest absolute Gasteiger partial charge is 0.335 e. The fourth-order valence-electron chi connectivity index (χ4n) is 1.58. The van der Waals surface area contributed by atoms with E-state index in [0.717, 1.165) is 0 Å². The molecular formula is C13H19N3O3. The fraction of sp³-hybridized carbons (Fsp3) is 0.385. The summed E-state index contributed by atoms with van der Waals surface area (Å²) in [5.41, 5.74) is 6.25. The van der Waals surface area contributed by atoms with Crippen LogP contribution in [0, 0.1) is 5.41 Å². The molecule has 0 heterocycles. The van der Waals surface area contributed by atoms with Crippen LogP contribution in [0.4, 0.5) is 11.4 Å². The highest BCUT2D eigenvalue weighted by atomic mass is 16.4. The molecule has 1 aromatic rings. The van der Waals surface area contributed by atoms with E-state index < -0.39 is 11.4 Å². The summed E-state index contributed by atoms with van der Waals surface area (Å²) in [6.07, 6.45) is 0. The number of carbonyl (C=O) groups excluding carboxylic acids is 1. The Kier molecular flexibility index (Phi) is 4.37. The standard InChI is InChI=1S/C13H19N3O3/c1-13(2,12(19)15-3)7-16-10-6-8(11(17)18)4-5-9(10)14/h4-6,16H,7,14H2,1-3H3,(H,15,19)(H,17,18). The molecule has 0 aliphatic carbocycles. The van der Waals surface area contributed by atoms with Gasteiger partial charge in [-0.25, -0.2) is 4.79 Å². The molecular weight excluding hydrogens is 246 g/mol. The molecule has 0 saturated carbocycles. The van der Waals surface area contributed by atoms with Gasteiger partial charge in [0.15, 0.2) is 0 Å². The van der Waals surface area contributed by atoms with E-state index >= 15 is 0 Å². The first-order valence-electron chi connectivity index (χ1n) is 5.87. The summed E-state index contributed by atoms with van der Waals surface area (Å²) in [6.45, 7) is 3.92. The predicted molar refractivity (Wildman–Crippen MR) is 74.2 cm³/mol. The van der Waals surface area contributed by atoms with Crippen molar-refractivity contribution in [1.29, 1.82) is 0 Å². The average Bonchev–Trinajstić information content (AvgIpc) is 2.36. The lowest BCUT2D eigenvalue weighted by molar-refractivity contribution is -0.128. The Morgan fingerprint density at radius 1 is 1.37 bits per heavy atom. The number of nitrogens with two attached hydrogens (primary N) is 1. The van der Waals surface area contributed by atoms with Gasteiger partial charge in [-0.2, -0.15) is 0 Å². The van der Waals surface area contributed by atoms with Crippen LogP contribution in [0.15, 0.2) is 18.2 Å². The van der Waals surface area contributed by atoms with Crippen LogP contribution in [-0.2, 0) is 4.79 Å². The lowest BCUT2D eigenvalue weighted by atomic mass is 9.92. The van der Waals surface area contributed by atoms with E-state index in [0.29, 0.717) is 17.9 Å². The van der Waals surface area contributed by atoms with Crippen LogP contribution in [0.1, 0.15) is 24.2 Å². The first-order chi connectivity index (χ1) is 8.77. The van der Waals surface area contributed by atoms with Crippen LogP contribution < -0.4 is 16.4 Å². The largest absolute Gasteiger partial charge is 0.478 e. The Balaban J connectivity index is 2.85. The molecule has 0 aliphatic heterocycles. The first-order valence-corrected chi connectivity index (χ1v) is 5.87. The topological polar surface area (TPSA) is 104 Å². The maximum atomic E-state index is 11.6. The first kappa shape index (κ1) is 14.8. The third-order valence-corrected chi connectivity index (χ3v) is 2.86. The number of anilines is 2. The van der Waals surface area contributed by atoms with Crippen LogP contribution in [0.2, 0.25) is 0 Å². The van der Waals surface area contributed by atoms with Gasteiger partial charge in [0.1, 0.15) is 0 Å². The number of carbonyl (C=O) groups is 2. The van der Waals surface area contributed by atoms with Gasteiger partial charge in [-0.05, 0) is 32.0 Å². The SMILES string of the molecule is CNC(=O)C(C)(C)CNc1cc(C(=O)O)ccc1N. The minimum absolute atomic E-state index is 0.104. The van der Waals surface area contributed by atoms with E-state index in [1.54, 1.807) is 20.9 Å². The number of nitrogen functional groups attached to an aromatic ring is 1. The van der Waals surface area contributed by atoms with Crippen LogP contribution in [-0.4, -0.2) is 30.6 Å². The molecule has 0 unspecified atom stereocenters. The van der Waals surface area contributed by atoms with Crippen molar-refractivity contribution in [3.05, 3.63) is 23.8 Å². The highest BCUT2D eigenvalue weighted by Gasteiger charge is 2.26. The number of aromatic carboxylic acids is 1. The summed E-state index contributed by atoms with van der Waals surface area (Å²) >= 11 is 0. The van der Waals surface area contributed by atoms with Crippen molar-refractivity contribution in [2.24, 2.45) is 5.41 Å². The number of nitrogens with one attached hydrogen (secondary N) is 2. The van der Waals surface area contributed by atoms with Gasteiger partial charge >= 0.3 is 5.97 Å². The second kappa shape index (κ2) is 5.60. The monoisotopic (exact) mass is 265 g/mol. The third kappa shape index (κ3) is 3.61. The molecule has 104 valence electrons. The van der Waals surface area contributed by atoms with Gasteiger partial charge < -0.3 is 21.5 Å². The molecule has 0 radical (unpaired) electrons. The molecule has 1 amide bonds. The zero-order valence-corrected chi connectivity index (χ0v) is 11.3. The Morgan fingerprint density at radius 3 is 2.53 bits per heavy atom. The summed E-state index contributed by atoms with van der Waals surface area (Å²) in [7, 11) is 1.57. The molecule has 0 aliphatic rings. The second-order valence-corrected chi connectivity index (χ2v) is 4.92. The molecule has 0 spiro atoms. The third-order valence-electron chi connectivity index (χ3n) is 2.86. The van der Waals surface area contributed by atoms with Gasteiger partial charge in [-0.1, -0.05) is 0 Å². The molecule has 19 heavy (non-hydrogen) atoms. The van der Waals surface area contributed by atoms with E-state index in [1.165, 1.54) is 18.2 Å². The van der Waals surface area contributed by atoms with Crippen molar-refractivity contribution in [2.75, 3.05) is 24.6 Å². The Labute approximate surface area is 112 Å². The van der Waals surface area contributed by atoms with Crippen LogP contribution in [0.3, 0.4) is 0 Å². The number of rotatable bonds is 5. The molecule has 6 nitrogen and oxygen atoms in total. The summed E-state index contributed by atoms with van der Waals surface area (Å²) in [5, 5.41) is 14.5. The van der Waals surface area contributed by atoms with Gasteiger partial charge in [0.25, 0.3) is 0 Å². The fourth-order valence-corrected chi connectivity index (χ4v) is 1.58. The molecule has 0 bridgehead atoms. The lowest BCUT2D eigenvalue weighted by Crippen LogP contribution is -2.39. The molecule has 5 N–H and O–H groups in total. The zero-order chi connectivity index (χ0) is 14.6. The van der Waals surface area contributed by atoms with E-state index in [9.17, 15) is 9.59 Å². The van der Waals surface area contributed by atoms with Gasteiger partial charge in [-0.3, -0.25) is 4.79 Å². The molecule has 1 aromatic carbocycles. The van der Waals surface area contributed by atoms with E-state index in [4.69, 9.17) is 10.8 Å². The van der Waals surface area contributed by atoms with Gasteiger partial charge in [-0.15, -0.1) is 0 Å². The quantitative estimate of drug-likeness (QED) is 0.598. The van der Waals surface area contributed by atoms with Crippen LogP contribution in [0.5, 0.6) is 0 Å². The predicted octanol–water partition coefficient (Wildman–Crippen LogP) is 1.15. The van der Waals surface area contributed by atoms with E-state index in [-0.39, 0.29) is 11.5 Å². The molecule has 6 heteroatoms. The van der Waals surface area contributed by atoms with E-state index in [1.807, 2.05) is 0 Å². The van der Waals surface area contributed by atoms with Gasteiger partial charge in [0.05, 0.1) is 22.4 Å². The summed E-state index contributed by atoms with van der Waals surface area (Å²) in [5.74, 6) is -1.12. The minimum Gasteiger partial charge on any atom is -0.478 e. The number of amides is 1. The number of hydrogen-bond donors (Lipinski definition) is 4. The molecule has 0 saturated heterocycles. The van der Waals surface area contributed by atoms with Gasteiger partial charge in [0.2, 0.25) is 5.91 Å². The van der Waals surface area contributed by atoms with Gasteiger partial charge in [0, 0.05) is 13.6 Å².